The highest BCUT2D eigenvalue weighted by Gasteiger charge is 2.18. The molecule has 0 aliphatic rings. The molecule has 0 fully saturated rings. The third kappa shape index (κ3) is 2.27. The first-order valence-electron chi connectivity index (χ1n) is 7.54. The van der Waals surface area contributed by atoms with Gasteiger partial charge in [-0.25, -0.2) is 0 Å². The number of benzene rings is 2. The molecular weight excluding hydrogens is 284 g/mol. The van der Waals surface area contributed by atoms with Gasteiger partial charge in [0.15, 0.2) is 0 Å². The molecule has 2 aromatic heterocycles. The van der Waals surface area contributed by atoms with E-state index < -0.39 is 0 Å². The second-order valence-electron chi connectivity index (χ2n) is 5.34. The summed E-state index contributed by atoms with van der Waals surface area (Å²) in [5.74, 6) is 0.844. The first kappa shape index (κ1) is 13.6. The fourth-order valence-corrected chi connectivity index (χ4v) is 2.96. The molecule has 1 N–H and O–H groups in total. The number of nitrogens with one attached hydrogen (secondary N) is 1. The number of pyridine rings is 1. The second-order valence-corrected chi connectivity index (χ2v) is 5.34. The number of H-pyrrole nitrogens is 1. The van der Waals surface area contributed by atoms with Crippen molar-refractivity contribution in [2.45, 2.75) is 0 Å². The van der Waals surface area contributed by atoms with Crippen LogP contribution in [0, 0.1) is 0 Å². The topological polar surface area (TPSA) is 37.9 Å². The van der Waals surface area contributed by atoms with Crippen molar-refractivity contribution in [3.05, 3.63) is 72.9 Å². The van der Waals surface area contributed by atoms with Crippen LogP contribution in [0.5, 0.6) is 5.75 Å². The number of aromatic nitrogens is 2. The normalized spacial score (nSPS) is 10.8. The highest BCUT2D eigenvalue weighted by molar-refractivity contribution is 6.02. The fraction of sp³-hybridized carbons (Fsp3) is 0.0500. The molecule has 112 valence electrons. The number of methoxy groups -OCH3 is 1. The van der Waals surface area contributed by atoms with Gasteiger partial charge in [-0.15, -0.1) is 0 Å². The Morgan fingerprint density at radius 1 is 0.870 bits per heavy atom. The van der Waals surface area contributed by atoms with Crippen LogP contribution in [-0.4, -0.2) is 17.1 Å². The number of para-hydroxylation sites is 1. The van der Waals surface area contributed by atoms with E-state index in [1.54, 1.807) is 7.11 Å². The summed E-state index contributed by atoms with van der Waals surface area (Å²) in [5.41, 5.74) is 6.28. The van der Waals surface area contributed by atoms with E-state index >= 15 is 0 Å². The minimum atomic E-state index is 0.844. The Bertz CT molecular complexity index is 958. The first-order valence-corrected chi connectivity index (χ1v) is 7.54. The molecule has 2 aromatic carbocycles. The SMILES string of the molecule is COc1ccccc1-c1c(-c2ccccc2)[nH]c2cccnc12. The molecule has 2 heterocycles. The van der Waals surface area contributed by atoms with E-state index in [0.717, 1.165) is 39.2 Å². The Kier molecular flexibility index (Phi) is 3.31. The molecule has 0 aliphatic heterocycles. The van der Waals surface area contributed by atoms with Crippen LogP contribution in [0.4, 0.5) is 0 Å². The lowest BCUT2D eigenvalue weighted by Gasteiger charge is -2.10. The van der Waals surface area contributed by atoms with Crippen molar-refractivity contribution in [2.75, 3.05) is 7.11 Å². The molecule has 0 amide bonds. The zero-order valence-corrected chi connectivity index (χ0v) is 12.8. The van der Waals surface area contributed by atoms with E-state index in [1.165, 1.54) is 0 Å². The quantitative estimate of drug-likeness (QED) is 0.584. The van der Waals surface area contributed by atoms with E-state index in [0.29, 0.717) is 0 Å². The van der Waals surface area contributed by atoms with E-state index in [4.69, 9.17) is 4.74 Å². The molecule has 0 aliphatic carbocycles. The maximum Gasteiger partial charge on any atom is 0.126 e. The third-order valence-electron chi connectivity index (χ3n) is 3.99. The lowest BCUT2D eigenvalue weighted by Crippen LogP contribution is -1.89. The minimum Gasteiger partial charge on any atom is -0.496 e. The zero-order chi connectivity index (χ0) is 15.6. The molecule has 3 heteroatoms. The highest BCUT2D eigenvalue weighted by atomic mass is 16.5. The van der Waals surface area contributed by atoms with Gasteiger partial charge in [0, 0.05) is 17.3 Å². The van der Waals surface area contributed by atoms with E-state index in [2.05, 4.69) is 28.2 Å². The molecule has 4 aromatic rings. The largest absolute Gasteiger partial charge is 0.496 e. The summed E-state index contributed by atoms with van der Waals surface area (Å²) in [6.45, 7) is 0. The van der Waals surface area contributed by atoms with Gasteiger partial charge in [0.2, 0.25) is 0 Å². The van der Waals surface area contributed by atoms with Crippen molar-refractivity contribution in [3.8, 4) is 28.1 Å². The standard InChI is InChI=1S/C20H16N2O/c1-23-17-12-6-5-10-15(17)18-19(14-8-3-2-4-9-14)22-16-11-7-13-21-20(16)18/h2-13,22H,1H3. The van der Waals surface area contributed by atoms with E-state index in [9.17, 15) is 0 Å². The van der Waals surface area contributed by atoms with Crippen molar-refractivity contribution in [2.24, 2.45) is 0 Å². The molecule has 0 spiro atoms. The van der Waals surface area contributed by atoms with Crippen molar-refractivity contribution in [1.29, 1.82) is 0 Å². The van der Waals surface area contributed by atoms with Crippen LogP contribution in [0.3, 0.4) is 0 Å². The zero-order valence-electron chi connectivity index (χ0n) is 12.8. The van der Waals surface area contributed by atoms with Gasteiger partial charge >= 0.3 is 0 Å². The summed E-state index contributed by atoms with van der Waals surface area (Å²) in [5, 5.41) is 0. The van der Waals surface area contributed by atoms with Crippen LogP contribution >= 0.6 is 0 Å². The van der Waals surface area contributed by atoms with Crippen LogP contribution in [-0.2, 0) is 0 Å². The average Bonchev–Trinajstić information content (AvgIpc) is 3.02. The van der Waals surface area contributed by atoms with Crippen molar-refractivity contribution in [1.82, 2.24) is 9.97 Å². The second kappa shape index (κ2) is 5.61. The van der Waals surface area contributed by atoms with Crippen molar-refractivity contribution < 1.29 is 4.74 Å². The number of aromatic amines is 1. The van der Waals surface area contributed by atoms with Crippen LogP contribution in [0.1, 0.15) is 0 Å². The highest BCUT2D eigenvalue weighted by Crippen LogP contribution is 2.41. The van der Waals surface area contributed by atoms with Gasteiger partial charge in [-0.2, -0.15) is 0 Å². The number of hydrogen-bond acceptors (Lipinski definition) is 2. The molecule has 0 unspecified atom stereocenters. The monoisotopic (exact) mass is 300 g/mol. The summed E-state index contributed by atoms with van der Waals surface area (Å²) >= 11 is 0. The summed E-state index contributed by atoms with van der Waals surface area (Å²) in [7, 11) is 1.70. The molecular formula is C20H16N2O. The predicted octanol–water partition coefficient (Wildman–Crippen LogP) is 4.91. The summed E-state index contributed by atoms with van der Waals surface area (Å²) in [4.78, 5) is 8.10. The number of nitrogens with zero attached hydrogens (tertiary/aromatic N) is 1. The predicted molar refractivity (Wildman–Crippen MR) is 93.5 cm³/mol. The van der Waals surface area contributed by atoms with Gasteiger partial charge in [0.05, 0.1) is 23.8 Å². The maximum absolute atomic E-state index is 5.57. The lowest BCUT2D eigenvalue weighted by molar-refractivity contribution is 0.416. The van der Waals surface area contributed by atoms with Gasteiger partial charge in [0.25, 0.3) is 0 Å². The Labute approximate surface area is 134 Å². The van der Waals surface area contributed by atoms with Gasteiger partial charge in [-0.3, -0.25) is 4.98 Å². The van der Waals surface area contributed by atoms with E-state index in [-0.39, 0.29) is 0 Å². The molecule has 23 heavy (non-hydrogen) atoms. The van der Waals surface area contributed by atoms with Crippen LogP contribution in [0.25, 0.3) is 33.4 Å². The molecule has 0 atom stereocenters. The Morgan fingerprint density at radius 2 is 1.65 bits per heavy atom. The number of ether oxygens (including phenoxy) is 1. The van der Waals surface area contributed by atoms with Gasteiger partial charge in [-0.05, 0) is 23.8 Å². The molecule has 0 saturated carbocycles. The molecule has 3 nitrogen and oxygen atoms in total. The molecule has 4 rings (SSSR count). The third-order valence-corrected chi connectivity index (χ3v) is 3.99. The minimum absolute atomic E-state index is 0.844. The van der Waals surface area contributed by atoms with Crippen molar-refractivity contribution >= 4 is 11.0 Å². The lowest BCUT2D eigenvalue weighted by atomic mass is 9.99. The Balaban J connectivity index is 2.08. The summed E-state index contributed by atoms with van der Waals surface area (Å²) in [6.07, 6.45) is 1.82. The molecule has 0 bridgehead atoms. The first-order chi connectivity index (χ1) is 11.4. The van der Waals surface area contributed by atoms with Gasteiger partial charge in [-0.1, -0.05) is 48.5 Å². The Morgan fingerprint density at radius 3 is 2.48 bits per heavy atom. The summed E-state index contributed by atoms with van der Waals surface area (Å²) in [6, 6.07) is 22.4. The molecule has 0 radical (unpaired) electrons. The average molecular weight is 300 g/mol. The fourth-order valence-electron chi connectivity index (χ4n) is 2.96. The van der Waals surface area contributed by atoms with Crippen LogP contribution < -0.4 is 4.74 Å². The van der Waals surface area contributed by atoms with Gasteiger partial charge < -0.3 is 9.72 Å². The van der Waals surface area contributed by atoms with E-state index in [1.807, 2.05) is 54.7 Å². The number of fused-ring (bicyclic) bond motifs is 1. The van der Waals surface area contributed by atoms with Crippen molar-refractivity contribution in [3.63, 3.8) is 0 Å². The van der Waals surface area contributed by atoms with Gasteiger partial charge in [0.1, 0.15) is 5.75 Å². The number of hydrogen-bond donors (Lipinski definition) is 1. The molecule has 0 saturated heterocycles. The smallest absolute Gasteiger partial charge is 0.126 e. The number of rotatable bonds is 3. The Hall–Kier alpha value is -3.07. The maximum atomic E-state index is 5.57. The van der Waals surface area contributed by atoms with Crippen LogP contribution in [0.15, 0.2) is 72.9 Å². The van der Waals surface area contributed by atoms with Crippen LogP contribution in [0.2, 0.25) is 0 Å². The summed E-state index contributed by atoms with van der Waals surface area (Å²) < 4.78 is 5.57.